The normalized spacial score (nSPS) is 35.9. The summed E-state index contributed by atoms with van der Waals surface area (Å²) in [4.78, 5) is 11.5. The summed E-state index contributed by atoms with van der Waals surface area (Å²) < 4.78 is 38.1. The number of alkyl halides is 3. The van der Waals surface area contributed by atoms with Crippen LogP contribution >= 0.6 is 0 Å². The Labute approximate surface area is 95.4 Å². The van der Waals surface area contributed by atoms with Crippen LogP contribution in [0.1, 0.15) is 25.7 Å². The lowest BCUT2D eigenvalue weighted by atomic mass is 9.56. The zero-order valence-electron chi connectivity index (χ0n) is 8.84. The molecule has 4 nitrogen and oxygen atoms in total. The fraction of sp³-hybridized carbons (Fsp3) is 0.800. The average Bonchev–Trinajstić information content (AvgIpc) is 2.12. The first-order valence-corrected chi connectivity index (χ1v) is 5.25. The number of hydrogen-bond acceptors (Lipinski definition) is 3. The predicted octanol–water partition coefficient (Wildman–Crippen LogP) is 1.07. The first kappa shape index (κ1) is 12.2. The van der Waals surface area contributed by atoms with E-state index in [4.69, 9.17) is 5.26 Å². The van der Waals surface area contributed by atoms with Crippen LogP contribution < -0.4 is 5.32 Å². The number of carbonyl (C=O) groups excluding carboxylic acids is 1. The number of piperidine rings is 1. The predicted molar refractivity (Wildman–Crippen MR) is 49.2 cm³/mol. The molecule has 2 atom stereocenters. The van der Waals surface area contributed by atoms with E-state index in [9.17, 15) is 23.1 Å². The van der Waals surface area contributed by atoms with Crippen LogP contribution in [0.2, 0.25) is 0 Å². The third-order valence-corrected chi connectivity index (χ3v) is 3.76. The number of rotatable bonds is 0. The summed E-state index contributed by atoms with van der Waals surface area (Å²) in [5.41, 5.74) is -4.21. The van der Waals surface area contributed by atoms with Gasteiger partial charge in [0.25, 0.3) is 0 Å². The molecule has 1 aliphatic carbocycles. The second kappa shape index (κ2) is 3.35. The van der Waals surface area contributed by atoms with Gasteiger partial charge >= 0.3 is 6.18 Å². The molecule has 2 fully saturated rings. The summed E-state index contributed by atoms with van der Waals surface area (Å²) in [6, 6.07) is 1.75. The summed E-state index contributed by atoms with van der Waals surface area (Å²) in [5.74, 6) is -2.13. The van der Waals surface area contributed by atoms with Gasteiger partial charge in [-0.15, -0.1) is 0 Å². The smallest absolute Gasteiger partial charge is 0.363 e. The van der Waals surface area contributed by atoms with Crippen molar-refractivity contribution < 1.29 is 23.1 Å². The minimum Gasteiger partial charge on any atom is -0.363 e. The number of amides is 1. The minimum absolute atomic E-state index is 0.372. The van der Waals surface area contributed by atoms with E-state index in [1.165, 1.54) is 5.32 Å². The van der Waals surface area contributed by atoms with Crippen LogP contribution in [0.25, 0.3) is 0 Å². The average molecular weight is 248 g/mol. The number of carbonyl (C=O) groups is 1. The van der Waals surface area contributed by atoms with Crippen LogP contribution in [0.3, 0.4) is 0 Å². The second-order valence-electron chi connectivity index (χ2n) is 4.80. The highest BCUT2D eigenvalue weighted by molar-refractivity contribution is 5.84. The van der Waals surface area contributed by atoms with E-state index >= 15 is 0 Å². The minimum atomic E-state index is -4.92. The van der Waals surface area contributed by atoms with Crippen LogP contribution in [-0.4, -0.2) is 22.9 Å². The summed E-state index contributed by atoms with van der Waals surface area (Å²) in [5, 5.41) is 19.9. The van der Waals surface area contributed by atoms with Crippen molar-refractivity contribution in [3.05, 3.63) is 0 Å². The van der Waals surface area contributed by atoms with Crippen LogP contribution in [0.15, 0.2) is 0 Å². The van der Waals surface area contributed by atoms with Gasteiger partial charge in [-0.05, 0) is 12.8 Å². The molecule has 7 heteroatoms. The fourth-order valence-electron chi connectivity index (χ4n) is 2.67. The van der Waals surface area contributed by atoms with Crippen LogP contribution in [-0.2, 0) is 4.79 Å². The molecular formula is C10H11F3N2O2. The van der Waals surface area contributed by atoms with Gasteiger partial charge in [-0.3, -0.25) is 4.79 Å². The molecule has 0 bridgehead atoms. The van der Waals surface area contributed by atoms with E-state index in [1.807, 2.05) is 0 Å². The maximum absolute atomic E-state index is 12.7. The van der Waals surface area contributed by atoms with E-state index in [-0.39, 0.29) is 0 Å². The third kappa shape index (κ3) is 1.59. The Morgan fingerprint density at radius 1 is 1.47 bits per heavy atom. The van der Waals surface area contributed by atoms with Crippen LogP contribution in [0.4, 0.5) is 13.2 Å². The zero-order valence-corrected chi connectivity index (χ0v) is 8.84. The maximum Gasteiger partial charge on any atom is 0.436 e. The summed E-state index contributed by atoms with van der Waals surface area (Å²) in [6.07, 6.45) is -4.13. The van der Waals surface area contributed by atoms with Gasteiger partial charge in [0.05, 0.1) is 6.07 Å². The van der Waals surface area contributed by atoms with Gasteiger partial charge in [-0.2, -0.15) is 18.4 Å². The van der Waals surface area contributed by atoms with Crippen molar-refractivity contribution in [2.45, 2.75) is 37.6 Å². The number of hydrogen-bond donors (Lipinski definition) is 2. The van der Waals surface area contributed by atoms with Gasteiger partial charge in [0, 0.05) is 11.8 Å². The summed E-state index contributed by atoms with van der Waals surface area (Å²) >= 11 is 0. The first-order valence-electron chi connectivity index (χ1n) is 5.25. The van der Waals surface area contributed by atoms with Gasteiger partial charge in [0.1, 0.15) is 5.92 Å². The Morgan fingerprint density at radius 2 is 2.06 bits per heavy atom. The van der Waals surface area contributed by atoms with Crippen molar-refractivity contribution in [2.75, 3.05) is 0 Å². The number of nitriles is 1. The quantitative estimate of drug-likeness (QED) is 0.673. The molecule has 1 heterocycles. The molecule has 0 radical (unpaired) electrons. The molecule has 1 aliphatic heterocycles. The molecule has 1 spiro atoms. The van der Waals surface area contributed by atoms with E-state index in [0.29, 0.717) is 19.3 Å². The molecule has 1 saturated heterocycles. The molecule has 2 aliphatic rings. The number of nitrogens with zero attached hydrogens (tertiary/aromatic N) is 1. The molecule has 1 saturated carbocycles. The third-order valence-electron chi connectivity index (χ3n) is 3.76. The maximum atomic E-state index is 12.7. The van der Waals surface area contributed by atoms with Crippen molar-refractivity contribution in [1.29, 1.82) is 5.26 Å². The molecule has 2 N–H and O–H groups in total. The highest BCUT2D eigenvalue weighted by atomic mass is 19.4. The Hall–Kier alpha value is -1.29. The lowest BCUT2D eigenvalue weighted by Gasteiger charge is -2.52. The Bertz CT molecular complexity index is 397. The molecule has 2 rings (SSSR count). The Morgan fingerprint density at radius 3 is 2.41 bits per heavy atom. The van der Waals surface area contributed by atoms with Crippen LogP contribution in [0, 0.1) is 22.7 Å². The second-order valence-corrected chi connectivity index (χ2v) is 4.80. The van der Waals surface area contributed by atoms with Crippen molar-refractivity contribution in [1.82, 2.24) is 5.32 Å². The molecule has 0 aromatic heterocycles. The summed E-state index contributed by atoms with van der Waals surface area (Å²) in [6.45, 7) is 0. The SMILES string of the molecule is N#CC1C(=O)NC(O)(C(F)(F)F)CC12CCC2. The topological polar surface area (TPSA) is 73.1 Å². The largest absolute Gasteiger partial charge is 0.436 e. The molecule has 94 valence electrons. The van der Waals surface area contributed by atoms with Crippen molar-refractivity contribution in [2.24, 2.45) is 11.3 Å². The van der Waals surface area contributed by atoms with E-state index < -0.39 is 35.6 Å². The van der Waals surface area contributed by atoms with Crippen molar-refractivity contribution >= 4 is 5.91 Å². The Balaban J connectivity index is 2.35. The highest BCUT2D eigenvalue weighted by Gasteiger charge is 2.65. The van der Waals surface area contributed by atoms with E-state index in [1.54, 1.807) is 6.07 Å². The molecule has 0 aromatic rings. The highest BCUT2D eigenvalue weighted by Crippen LogP contribution is 2.56. The fourth-order valence-corrected chi connectivity index (χ4v) is 2.67. The van der Waals surface area contributed by atoms with Gasteiger partial charge < -0.3 is 10.4 Å². The van der Waals surface area contributed by atoms with Gasteiger partial charge in [-0.1, -0.05) is 6.42 Å². The molecule has 17 heavy (non-hydrogen) atoms. The van der Waals surface area contributed by atoms with Gasteiger partial charge in [-0.25, -0.2) is 0 Å². The monoisotopic (exact) mass is 248 g/mol. The number of aliphatic hydroxyl groups is 1. The van der Waals surface area contributed by atoms with Crippen molar-refractivity contribution in [3.63, 3.8) is 0 Å². The number of nitrogens with one attached hydrogen (secondary N) is 1. The molecular weight excluding hydrogens is 237 g/mol. The molecule has 1 amide bonds. The Kier molecular flexibility index (Phi) is 2.40. The van der Waals surface area contributed by atoms with Gasteiger partial charge in [0.15, 0.2) is 0 Å². The lowest BCUT2D eigenvalue weighted by molar-refractivity contribution is -0.293. The van der Waals surface area contributed by atoms with Crippen molar-refractivity contribution in [3.8, 4) is 6.07 Å². The standard InChI is InChI=1S/C10H11F3N2O2/c11-10(12,13)9(17)5-8(2-1-3-8)6(4-14)7(16)15-9/h6,17H,1-3,5H2,(H,15,16). The zero-order chi connectivity index (χ0) is 12.9. The molecule has 2 unspecified atom stereocenters. The lowest BCUT2D eigenvalue weighted by Crippen LogP contribution is -2.68. The van der Waals surface area contributed by atoms with Gasteiger partial charge in [0.2, 0.25) is 11.6 Å². The molecule has 0 aromatic carbocycles. The summed E-state index contributed by atoms with van der Waals surface area (Å²) in [7, 11) is 0. The van der Waals surface area contributed by atoms with Crippen LogP contribution in [0.5, 0.6) is 0 Å². The number of halogens is 3. The first-order chi connectivity index (χ1) is 7.74. The van der Waals surface area contributed by atoms with E-state index in [0.717, 1.165) is 0 Å². The van der Waals surface area contributed by atoms with E-state index in [2.05, 4.69) is 0 Å².